The summed E-state index contributed by atoms with van der Waals surface area (Å²) in [6, 6.07) is 0. The molecule has 0 bridgehead atoms. The van der Waals surface area contributed by atoms with Gasteiger partial charge < -0.3 is 5.32 Å². The van der Waals surface area contributed by atoms with Gasteiger partial charge in [-0.25, -0.2) is 13.1 Å². The summed E-state index contributed by atoms with van der Waals surface area (Å²) in [6.45, 7) is 8.32. The Balaban J connectivity index is 3.68. The summed E-state index contributed by atoms with van der Waals surface area (Å²) in [5, 5.41) is 3.10. The fourth-order valence-electron chi connectivity index (χ4n) is 1.05. The molecule has 0 aliphatic heterocycles. The summed E-state index contributed by atoms with van der Waals surface area (Å²) < 4.78 is 25.6. The van der Waals surface area contributed by atoms with Gasteiger partial charge in [0.25, 0.3) is 0 Å². The second kappa shape index (κ2) is 8.07. The van der Waals surface area contributed by atoms with Crippen molar-refractivity contribution >= 4 is 10.0 Å². The molecular weight excluding hydrogens is 212 g/mol. The minimum atomic E-state index is -3.06. The minimum Gasteiger partial charge on any atom is -0.317 e. The van der Waals surface area contributed by atoms with Crippen molar-refractivity contribution in [3.63, 3.8) is 0 Å². The minimum absolute atomic E-state index is 0.219. The molecule has 0 amide bonds. The average Bonchev–Trinajstić information content (AvgIpc) is 2.21. The fraction of sp³-hybridized carbons (Fsp3) is 1.00. The van der Waals surface area contributed by atoms with E-state index in [0.717, 1.165) is 19.5 Å². The predicted molar refractivity (Wildman–Crippen MR) is 64.4 cm³/mol. The molecule has 92 valence electrons. The summed E-state index contributed by atoms with van der Waals surface area (Å²) in [5.74, 6) is 0.629. The highest BCUT2D eigenvalue weighted by Crippen LogP contribution is 1.99. The van der Waals surface area contributed by atoms with Crippen molar-refractivity contribution in [2.24, 2.45) is 5.92 Å². The van der Waals surface area contributed by atoms with Crippen LogP contribution in [0.25, 0.3) is 0 Å². The van der Waals surface area contributed by atoms with Crippen LogP contribution in [0.15, 0.2) is 0 Å². The molecule has 0 aliphatic carbocycles. The third-order valence-corrected chi connectivity index (χ3v) is 3.80. The van der Waals surface area contributed by atoms with E-state index in [1.807, 2.05) is 13.8 Å². The van der Waals surface area contributed by atoms with Gasteiger partial charge in [0.2, 0.25) is 10.0 Å². The van der Waals surface area contributed by atoms with Gasteiger partial charge in [0.05, 0.1) is 5.75 Å². The molecule has 5 heteroatoms. The van der Waals surface area contributed by atoms with Gasteiger partial charge in [0, 0.05) is 6.54 Å². The zero-order valence-corrected chi connectivity index (χ0v) is 10.9. The van der Waals surface area contributed by atoms with Crippen molar-refractivity contribution in [3.05, 3.63) is 0 Å². The third kappa shape index (κ3) is 8.84. The summed E-state index contributed by atoms with van der Waals surface area (Å²) in [6.07, 6.45) is 1.67. The monoisotopic (exact) mass is 236 g/mol. The van der Waals surface area contributed by atoms with Gasteiger partial charge >= 0.3 is 0 Å². The van der Waals surface area contributed by atoms with Crippen molar-refractivity contribution in [2.75, 3.05) is 25.4 Å². The van der Waals surface area contributed by atoms with Crippen molar-refractivity contribution < 1.29 is 8.42 Å². The Kier molecular flexibility index (Phi) is 8.00. The van der Waals surface area contributed by atoms with Crippen LogP contribution in [0.5, 0.6) is 0 Å². The average molecular weight is 236 g/mol. The second-order valence-electron chi connectivity index (χ2n) is 3.89. The highest BCUT2D eigenvalue weighted by Gasteiger charge is 2.10. The Labute approximate surface area is 93.9 Å². The quantitative estimate of drug-likeness (QED) is 0.586. The molecule has 0 radical (unpaired) electrons. The number of nitrogens with one attached hydrogen (secondary N) is 2. The molecule has 0 fully saturated rings. The van der Waals surface area contributed by atoms with Crippen LogP contribution in [0, 0.1) is 5.92 Å². The summed E-state index contributed by atoms with van der Waals surface area (Å²) >= 11 is 0. The van der Waals surface area contributed by atoms with Crippen molar-refractivity contribution in [1.29, 1.82) is 0 Å². The first-order chi connectivity index (χ1) is 7.02. The molecule has 15 heavy (non-hydrogen) atoms. The molecule has 4 nitrogen and oxygen atoms in total. The molecule has 0 saturated heterocycles. The molecular formula is C10H24N2O2S. The molecule has 0 aliphatic rings. The normalized spacial score (nSPS) is 14.1. The number of hydrogen-bond acceptors (Lipinski definition) is 3. The predicted octanol–water partition coefficient (Wildman–Crippen LogP) is 0.952. The summed E-state index contributed by atoms with van der Waals surface area (Å²) in [4.78, 5) is 0. The van der Waals surface area contributed by atoms with E-state index in [0.29, 0.717) is 18.9 Å². The second-order valence-corrected chi connectivity index (χ2v) is 5.81. The van der Waals surface area contributed by atoms with E-state index >= 15 is 0 Å². The molecule has 0 aromatic heterocycles. The van der Waals surface area contributed by atoms with Gasteiger partial charge in [0.15, 0.2) is 0 Å². The Morgan fingerprint density at radius 1 is 1.27 bits per heavy atom. The van der Waals surface area contributed by atoms with Crippen molar-refractivity contribution in [3.8, 4) is 0 Å². The van der Waals surface area contributed by atoms with E-state index in [9.17, 15) is 8.42 Å². The van der Waals surface area contributed by atoms with Crippen LogP contribution >= 0.6 is 0 Å². The lowest BCUT2D eigenvalue weighted by atomic mass is 10.1. The van der Waals surface area contributed by atoms with Crippen LogP contribution in [0.4, 0.5) is 0 Å². The molecule has 0 heterocycles. The third-order valence-electron chi connectivity index (χ3n) is 2.37. The molecule has 0 aromatic rings. The Morgan fingerprint density at radius 3 is 2.47 bits per heavy atom. The summed E-state index contributed by atoms with van der Waals surface area (Å²) in [7, 11) is -3.06. The lowest BCUT2D eigenvalue weighted by Crippen LogP contribution is -2.31. The van der Waals surface area contributed by atoms with Gasteiger partial charge in [-0.2, -0.15) is 0 Å². The van der Waals surface area contributed by atoms with Crippen molar-refractivity contribution in [2.45, 2.75) is 33.6 Å². The van der Waals surface area contributed by atoms with Gasteiger partial charge in [-0.05, 0) is 25.4 Å². The van der Waals surface area contributed by atoms with E-state index in [4.69, 9.17) is 0 Å². The first kappa shape index (κ1) is 14.9. The molecule has 2 N–H and O–H groups in total. The Hall–Kier alpha value is -0.130. The Bertz CT molecular complexity index is 240. The zero-order chi connectivity index (χ0) is 11.7. The van der Waals surface area contributed by atoms with Crippen LogP contribution in [-0.2, 0) is 10.0 Å². The molecule has 0 aromatic carbocycles. The highest BCUT2D eigenvalue weighted by molar-refractivity contribution is 7.89. The van der Waals surface area contributed by atoms with Crippen molar-refractivity contribution in [1.82, 2.24) is 10.0 Å². The largest absolute Gasteiger partial charge is 0.317 e. The van der Waals surface area contributed by atoms with Crippen LogP contribution in [-0.4, -0.2) is 33.8 Å². The van der Waals surface area contributed by atoms with E-state index < -0.39 is 10.0 Å². The fourth-order valence-corrected chi connectivity index (χ4v) is 2.26. The maximum Gasteiger partial charge on any atom is 0.211 e. The van der Waals surface area contributed by atoms with Crippen LogP contribution < -0.4 is 10.0 Å². The SMILES string of the molecule is CCNCCCS(=O)(=O)NCC(C)CC. The van der Waals surface area contributed by atoms with Gasteiger partial charge in [-0.1, -0.05) is 27.2 Å². The first-order valence-electron chi connectivity index (χ1n) is 5.69. The van der Waals surface area contributed by atoms with E-state index in [1.165, 1.54) is 0 Å². The number of rotatable bonds is 9. The van der Waals surface area contributed by atoms with E-state index in [2.05, 4.69) is 17.0 Å². The first-order valence-corrected chi connectivity index (χ1v) is 7.35. The smallest absolute Gasteiger partial charge is 0.211 e. The molecule has 0 spiro atoms. The van der Waals surface area contributed by atoms with Gasteiger partial charge in [-0.15, -0.1) is 0 Å². The van der Waals surface area contributed by atoms with Crippen LogP contribution in [0.1, 0.15) is 33.6 Å². The number of hydrogen-bond donors (Lipinski definition) is 2. The topological polar surface area (TPSA) is 58.2 Å². The van der Waals surface area contributed by atoms with Crippen LogP contribution in [0.2, 0.25) is 0 Å². The maximum atomic E-state index is 11.5. The molecule has 0 saturated carbocycles. The lowest BCUT2D eigenvalue weighted by Gasteiger charge is -2.10. The Morgan fingerprint density at radius 2 is 1.93 bits per heavy atom. The highest BCUT2D eigenvalue weighted by atomic mass is 32.2. The van der Waals surface area contributed by atoms with Gasteiger partial charge in [-0.3, -0.25) is 0 Å². The van der Waals surface area contributed by atoms with Crippen LogP contribution in [0.3, 0.4) is 0 Å². The standard InChI is InChI=1S/C10H24N2O2S/c1-4-10(3)9-12-15(13,14)8-6-7-11-5-2/h10-12H,4-9H2,1-3H3. The molecule has 1 atom stereocenters. The zero-order valence-electron chi connectivity index (χ0n) is 10.0. The molecule has 0 rings (SSSR count). The number of sulfonamides is 1. The van der Waals surface area contributed by atoms with E-state index in [-0.39, 0.29) is 5.75 Å². The van der Waals surface area contributed by atoms with Gasteiger partial charge in [0.1, 0.15) is 0 Å². The maximum absolute atomic E-state index is 11.5. The van der Waals surface area contributed by atoms with E-state index in [1.54, 1.807) is 0 Å². The molecule has 1 unspecified atom stereocenters. The summed E-state index contributed by atoms with van der Waals surface area (Å²) in [5.41, 5.74) is 0. The lowest BCUT2D eigenvalue weighted by molar-refractivity contribution is 0.526.